The Morgan fingerprint density at radius 2 is 2.00 bits per heavy atom. The fourth-order valence-electron chi connectivity index (χ4n) is 2.66. The molecule has 118 valence electrons. The predicted molar refractivity (Wildman–Crippen MR) is 81.6 cm³/mol. The number of rotatable bonds is 4. The lowest BCUT2D eigenvalue weighted by atomic mass is 9.98. The van der Waals surface area contributed by atoms with Crippen LogP contribution in [0.25, 0.3) is 0 Å². The second-order valence-electron chi connectivity index (χ2n) is 5.36. The lowest BCUT2D eigenvalue weighted by molar-refractivity contribution is -0.123. The number of hydrogen-bond donors (Lipinski definition) is 2. The van der Waals surface area contributed by atoms with Gasteiger partial charge in [0.1, 0.15) is 6.54 Å². The molecule has 3 N–H and O–H groups in total. The molecular formula is C13H21ClN4O3. The van der Waals surface area contributed by atoms with Gasteiger partial charge in [-0.3, -0.25) is 18.7 Å². The largest absolute Gasteiger partial charge is 0.348 e. The van der Waals surface area contributed by atoms with Gasteiger partial charge in [0.2, 0.25) is 5.91 Å². The normalized spacial score (nSPS) is 16.3. The maximum Gasteiger partial charge on any atom is 0.331 e. The number of nitrogens with zero attached hydrogens (tertiary/aromatic N) is 2. The van der Waals surface area contributed by atoms with E-state index in [0.29, 0.717) is 6.54 Å². The second kappa shape index (κ2) is 6.91. The quantitative estimate of drug-likeness (QED) is 0.771. The first kappa shape index (κ1) is 17.5. The van der Waals surface area contributed by atoms with Gasteiger partial charge in [-0.05, 0) is 12.8 Å². The molecule has 21 heavy (non-hydrogen) atoms. The van der Waals surface area contributed by atoms with Crippen molar-refractivity contribution in [3.8, 4) is 0 Å². The third-order valence-corrected chi connectivity index (χ3v) is 3.93. The monoisotopic (exact) mass is 316 g/mol. The molecule has 1 amide bonds. The number of aromatic nitrogens is 2. The zero-order valence-electron chi connectivity index (χ0n) is 12.0. The Morgan fingerprint density at radius 1 is 1.38 bits per heavy atom. The molecule has 0 saturated heterocycles. The average molecular weight is 317 g/mol. The lowest BCUT2D eigenvalue weighted by Crippen LogP contribution is -2.53. The standard InChI is InChI=1S/C13H20N4O3.ClH/c1-16-11(19)4-7-17(12(16)20)8-10(18)15-13(9-14)5-2-3-6-13;/h4,7H,2-3,5-6,8-9,14H2,1H3,(H,15,18);1H. The first-order valence-electron chi connectivity index (χ1n) is 6.75. The van der Waals surface area contributed by atoms with E-state index in [1.54, 1.807) is 0 Å². The number of halogens is 1. The van der Waals surface area contributed by atoms with E-state index in [9.17, 15) is 14.4 Å². The summed E-state index contributed by atoms with van der Waals surface area (Å²) in [6, 6.07) is 1.27. The number of carbonyl (C=O) groups is 1. The summed E-state index contributed by atoms with van der Waals surface area (Å²) in [6.45, 7) is 0.301. The first-order chi connectivity index (χ1) is 9.47. The third-order valence-electron chi connectivity index (χ3n) is 3.93. The van der Waals surface area contributed by atoms with Gasteiger partial charge in [-0.15, -0.1) is 12.4 Å². The summed E-state index contributed by atoms with van der Waals surface area (Å²) < 4.78 is 2.19. The molecule has 1 aliphatic rings. The van der Waals surface area contributed by atoms with Crippen molar-refractivity contribution in [2.75, 3.05) is 6.54 Å². The van der Waals surface area contributed by atoms with Crippen molar-refractivity contribution in [1.29, 1.82) is 0 Å². The number of nitrogens with two attached hydrogens (primary N) is 1. The summed E-state index contributed by atoms with van der Waals surface area (Å²) in [6.07, 6.45) is 5.19. The fraction of sp³-hybridized carbons (Fsp3) is 0.615. The van der Waals surface area contributed by atoms with Gasteiger partial charge in [0, 0.05) is 25.9 Å². The van der Waals surface area contributed by atoms with Crippen LogP contribution in [0.1, 0.15) is 25.7 Å². The van der Waals surface area contributed by atoms with E-state index in [1.807, 2.05) is 0 Å². The van der Waals surface area contributed by atoms with Crippen LogP contribution in [0.3, 0.4) is 0 Å². The van der Waals surface area contributed by atoms with Crippen molar-refractivity contribution in [3.63, 3.8) is 0 Å². The van der Waals surface area contributed by atoms with Gasteiger partial charge < -0.3 is 11.1 Å². The highest BCUT2D eigenvalue weighted by molar-refractivity contribution is 5.85. The van der Waals surface area contributed by atoms with Gasteiger partial charge in [0.25, 0.3) is 5.56 Å². The molecule has 0 unspecified atom stereocenters. The van der Waals surface area contributed by atoms with Crippen LogP contribution in [-0.2, 0) is 18.4 Å². The number of carbonyl (C=O) groups excluding carboxylic acids is 1. The van der Waals surface area contributed by atoms with Crippen molar-refractivity contribution in [2.45, 2.75) is 37.8 Å². The number of hydrogen-bond acceptors (Lipinski definition) is 4. The highest BCUT2D eigenvalue weighted by Crippen LogP contribution is 2.28. The van der Waals surface area contributed by atoms with Crippen LogP contribution in [-0.4, -0.2) is 27.1 Å². The lowest BCUT2D eigenvalue weighted by Gasteiger charge is -2.28. The second-order valence-corrected chi connectivity index (χ2v) is 5.36. The van der Waals surface area contributed by atoms with E-state index in [4.69, 9.17) is 5.73 Å². The van der Waals surface area contributed by atoms with Crippen LogP contribution in [0.5, 0.6) is 0 Å². The molecule has 7 nitrogen and oxygen atoms in total. The Kier molecular flexibility index (Phi) is 5.74. The maximum absolute atomic E-state index is 12.1. The highest BCUT2D eigenvalue weighted by atomic mass is 35.5. The average Bonchev–Trinajstić information content (AvgIpc) is 2.88. The van der Waals surface area contributed by atoms with Crippen molar-refractivity contribution >= 4 is 18.3 Å². The van der Waals surface area contributed by atoms with Crippen molar-refractivity contribution in [1.82, 2.24) is 14.5 Å². The molecule has 8 heteroatoms. The van der Waals surface area contributed by atoms with E-state index < -0.39 is 5.69 Å². The Hall–Kier alpha value is -1.60. The molecule has 1 aliphatic carbocycles. The molecule has 0 spiro atoms. The minimum Gasteiger partial charge on any atom is -0.348 e. The van der Waals surface area contributed by atoms with Crippen LogP contribution in [0.4, 0.5) is 0 Å². The van der Waals surface area contributed by atoms with E-state index >= 15 is 0 Å². The van der Waals surface area contributed by atoms with Crippen LogP contribution < -0.4 is 22.3 Å². The van der Waals surface area contributed by atoms with Gasteiger partial charge in [0.15, 0.2) is 0 Å². The summed E-state index contributed by atoms with van der Waals surface area (Å²) in [4.78, 5) is 35.2. The number of nitrogens with one attached hydrogen (secondary N) is 1. The van der Waals surface area contributed by atoms with Crippen molar-refractivity contribution in [3.05, 3.63) is 33.1 Å². The molecular weight excluding hydrogens is 296 g/mol. The molecule has 1 aromatic rings. The van der Waals surface area contributed by atoms with Crippen molar-refractivity contribution in [2.24, 2.45) is 12.8 Å². The Balaban J connectivity index is 0.00000220. The maximum atomic E-state index is 12.1. The molecule has 0 atom stereocenters. The predicted octanol–water partition coefficient (Wildman–Crippen LogP) is -0.643. The van der Waals surface area contributed by atoms with Gasteiger partial charge in [-0.2, -0.15) is 0 Å². The summed E-state index contributed by atoms with van der Waals surface area (Å²) in [5.74, 6) is -0.252. The SMILES string of the molecule is Cl.Cn1c(=O)ccn(CC(=O)NC2(CN)CCCC2)c1=O. The van der Waals surface area contributed by atoms with Gasteiger partial charge in [-0.25, -0.2) is 4.79 Å². The highest BCUT2D eigenvalue weighted by Gasteiger charge is 2.33. The minimum atomic E-state index is -0.499. The summed E-state index contributed by atoms with van der Waals surface area (Å²) in [5.41, 5.74) is 4.54. The van der Waals surface area contributed by atoms with E-state index in [0.717, 1.165) is 30.3 Å². The fourth-order valence-corrected chi connectivity index (χ4v) is 2.66. The molecule has 1 aromatic heterocycles. The van der Waals surface area contributed by atoms with Crippen LogP contribution in [0.15, 0.2) is 21.9 Å². The summed E-state index contributed by atoms with van der Waals surface area (Å²) in [5, 5.41) is 2.94. The zero-order valence-corrected chi connectivity index (χ0v) is 12.8. The molecule has 0 bridgehead atoms. The van der Waals surface area contributed by atoms with Crippen molar-refractivity contribution < 1.29 is 4.79 Å². The molecule has 0 radical (unpaired) electrons. The van der Waals surface area contributed by atoms with E-state index in [1.165, 1.54) is 23.9 Å². The zero-order chi connectivity index (χ0) is 14.8. The molecule has 1 saturated carbocycles. The Morgan fingerprint density at radius 3 is 2.57 bits per heavy atom. The van der Waals surface area contributed by atoms with E-state index in [2.05, 4.69) is 5.32 Å². The summed E-state index contributed by atoms with van der Waals surface area (Å²) >= 11 is 0. The van der Waals surface area contributed by atoms with Gasteiger partial charge in [-0.1, -0.05) is 12.8 Å². The van der Waals surface area contributed by atoms with Crippen LogP contribution >= 0.6 is 12.4 Å². The van der Waals surface area contributed by atoms with Gasteiger partial charge >= 0.3 is 5.69 Å². The van der Waals surface area contributed by atoms with Crippen LogP contribution in [0, 0.1) is 0 Å². The van der Waals surface area contributed by atoms with E-state index in [-0.39, 0.29) is 36.0 Å². The van der Waals surface area contributed by atoms with Crippen LogP contribution in [0.2, 0.25) is 0 Å². The molecule has 1 heterocycles. The first-order valence-corrected chi connectivity index (χ1v) is 6.75. The molecule has 1 fully saturated rings. The molecule has 0 aliphatic heterocycles. The molecule has 2 rings (SSSR count). The Labute approximate surface area is 128 Å². The molecule has 0 aromatic carbocycles. The summed E-state index contributed by atoms with van der Waals surface area (Å²) in [7, 11) is 1.39. The Bertz CT molecular complexity index is 617. The third kappa shape index (κ3) is 3.74. The van der Waals surface area contributed by atoms with Gasteiger partial charge in [0.05, 0.1) is 5.54 Å². The minimum absolute atomic E-state index is 0. The topological polar surface area (TPSA) is 99.1 Å². The smallest absolute Gasteiger partial charge is 0.331 e. The number of amides is 1.